The van der Waals surface area contributed by atoms with Gasteiger partial charge >= 0.3 is 0 Å². The molecule has 0 amide bonds. The summed E-state index contributed by atoms with van der Waals surface area (Å²) >= 11 is 0. The summed E-state index contributed by atoms with van der Waals surface area (Å²) < 4.78 is 15.8. The monoisotopic (exact) mass is 401 g/mol. The number of benzene rings is 1. The van der Waals surface area contributed by atoms with E-state index < -0.39 is 0 Å². The van der Waals surface area contributed by atoms with Crippen LogP contribution in [0, 0.1) is 5.82 Å². The first kappa shape index (κ1) is 20.5. The van der Waals surface area contributed by atoms with Gasteiger partial charge in [-0.1, -0.05) is 0 Å². The lowest BCUT2D eigenvalue weighted by molar-refractivity contribution is 0.00597. The quantitative estimate of drug-likeness (QED) is 0.802. The molecule has 0 radical (unpaired) electrons. The van der Waals surface area contributed by atoms with Crippen LogP contribution in [0.2, 0.25) is 0 Å². The zero-order chi connectivity index (χ0) is 20.2. The molecule has 1 aromatic heterocycles. The molecule has 2 fully saturated rings. The summed E-state index contributed by atoms with van der Waals surface area (Å²) in [6.45, 7) is 6.06. The summed E-state index contributed by atoms with van der Waals surface area (Å²) in [5.74, 6) is -0.215. The maximum Gasteiger partial charge on any atom is 0.123 e. The number of hydrogen-bond acceptors (Lipinski definition) is 5. The molecule has 2 aromatic rings. The van der Waals surface area contributed by atoms with Crippen LogP contribution < -0.4 is 0 Å². The molecule has 0 aliphatic carbocycles. The largest absolute Gasteiger partial charge is 0.396 e. The number of halogens is 1. The van der Waals surface area contributed by atoms with Crippen molar-refractivity contribution in [1.29, 1.82) is 0 Å². The third-order valence-electron chi connectivity index (χ3n) is 6.42. The number of nitrogens with zero attached hydrogens (tertiary/aromatic N) is 5. The highest BCUT2D eigenvalue weighted by Gasteiger charge is 2.33. The molecule has 6 nitrogen and oxygen atoms in total. The number of aromatic nitrogens is 2. The molecule has 1 N–H and O–H groups in total. The molecule has 3 heterocycles. The van der Waals surface area contributed by atoms with E-state index >= 15 is 0 Å². The Labute approximate surface area is 172 Å². The van der Waals surface area contributed by atoms with Crippen LogP contribution in [0.4, 0.5) is 4.39 Å². The molecule has 7 heteroatoms. The van der Waals surface area contributed by atoms with Crippen molar-refractivity contribution in [1.82, 2.24) is 24.5 Å². The Balaban J connectivity index is 1.46. The van der Waals surface area contributed by atoms with Gasteiger partial charge in [-0.3, -0.25) is 9.80 Å². The lowest BCUT2D eigenvalue weighted by Crippen LogP contribution is -2.58. The van der Waals surface area contributed by atoms with E-state index in [1.54, 1.807) is 23.0 Å². The molecule has 158 valence electrons. The van der Waals surface area contributed by atoms with Crippen molar-refractivity contribution >= 4 is 0 Å². The first-order valence-corrected chi connectivity index (χ1v) is 10.7. The van der Waals surface area contributed by atoms with Gasteiger partial charge in [0.2, 0.25) is 0 Å². The average molecular weight is 402 g/mol. The molecule has 0 saturated carbocycles. The topological polar surface area (TPSA) is 47.8 Å². The minimum Gasteiger partial charge on any atom is -0.396 e. The van der Waals surface area contributed by atoms with Gasteiger partial charge in [0.25, 0.3) is 0 Å². The molecule has 29 heavy (non-hydrogen) atoms. The van der Waals surface area contributed by atoms with Crippen LogP contribution >= 0.6 is 0 Å². The predicted octanol–water partition coefficient (Wildman–Crippen LogP) is 1.97. The average Bonchev–Trinajstić information content (AvgIpc) is 3.24. The van der Waals surface area contributed by atoms with Gasteiger partial charge in [0.15, 0.2) is 0 Å². The Morgan fingerprint density at radius 2 is 2.00 bits per heavy atom. The van der Waals surface area contributed by atoms with Crippen molar-refractivity contribution in [2.45, 2.75) is 37.9 Å². The number of likely N-dealkylation sites (tertiary alicyclic amines) is 1. The van der Waals surface area contributed by atoms with Crippen LogP contribution in [0.1, 0.15) is 24.8 Å². The summed E-state index contributed by atoms with van der Waals surface area (Å²) in [4.78, 5) is 7.42. The molecule has 2 aliphatic rings. The summed E-state index contributed by atoms with van der Waals surface area (Å²) in [5.41, 5.74) is 1.87. The maximum atomic E-state index is 14.0. The Morgan fingerprint density at radius 3 is 2.72 bits per heavy atom. The SMILES string of the molecule is CN1CCC(N2CCN(Cc3cc(F)ccc3-n3cccn3)C[C@H]2CCO)CC1. The van der Waals surface area contributed by atoms with Crippen molar-refractivity contribution in [2.24, 2.45) is 0 Å². The highest BCUT2D eigenvalue weighted by atomic mass is 19.1. The van der Waals surface area contributed by atoms with Crippen LogP contribution in [0.5, 0.6) is 0 Å². The fourth-order valence-corrected chi connectivity index (χ4v) is 4.85. The van der Waals surface area contributed by atoms with E-state index in [1.165, 1.54) is 18.9 Å². The first-order chi connectivity index (χ1) is 14.1. The van der Waals surface area contributed by atoms with Crippen molar-refractivity contribution in [2.75, 3.05) is 46.4 Å². The molecular weight excluding hydrogens is 369 g/mol. The van der Waals surface area contributed by atoms with E-state index in [0.29, 0.717) is 18.6 Å². The minimum atomic E-state index is -0.215. The zero-order valence-electron chi connectivity index (χ0n) is 17.3. The van der Waals surface area contributed by atoms with Crippen LogP contribution in [0.25, 0.3) is 5.69 Å². The molecule has 2 aliphatic heterocycles. The number of piperidine rings is 1. The van der Waals surface area contributed by atoms with Crippen molar-refractivity contribution < 1.29 is 9.50 Å². The van der Waals surface area contributed by atoms with Gasteiger partial charge in [0.05, 0.1) is 5.69 Å². The fraction of sp³-hybridized carbons (Fsp3) is 0.591. The summed E-state index contributed by atoms with van der Waals surface area (Å²) in [5, 5.41) is 14.0. The predicted molar refractivity (Wildman–Crippen MR) is 112 cm³/mol. The molecule has 1 atom stereocenters. The third kappa shape index (κ3) is 4.86. The molecule has 4 rings (SSSR count). The molecular formula is C22H32FN5O. The van der Waals surface area contributed by atoms with E-state index in [1.807, 2.05) is 12.3 Å². The third-order valence-corrected chi connectivity index (χ3v) is 6.42. The van der Waals surface area contributed by atoms with E-state index in [9.17, 15) is 9.50 Å². The van der Waals surface area contributed by atoms with Crippen molar-refractivity contribution in [3.05, 3.63) is 48.0 Å². The molecule has 0 spiro atoms. The van der Waals surface area contributed by atoms with E-state index in [2.05, 4.69) is 26.8 Å². The lowest BCUT2D eigenvalue weighted by atomic mass is 9.98. The van der Waals surface area contributed by atoms with Crippen LogP contribution in [-0.2, 0) is 6.54 Å². The second-order valence-electron chi connectivity index (χ2n) is 8.40. The Bertz CT molecular complexity index is 776. The second kappa shape index (κ2) is 9.34. The standard InChI is InChI=1S/C22H32FN5O/c1-25-10-5-20(6-11-25)27-13-12-26(17-21(27)7-14-29)16-18-15-19(23)3-4-22(18)28-9-2-8-24-28/h2-4,8-9,15,20-21,29H,5-7,10-14,16-17H2,1H3/t21-/m1/s1. The summed E-state index contributed by atoms with van der Waals surface area (Å²) in [6, 6.07) is 7.76. The normalized spacial score (nSPS) is 22.9. The second-order valence-corrected chi connectivity index (χ2v) is 8.40. The van der Waals surface area contributed by atoms with Gasteiger partial charge in [-0.15, -0.1) is 0 Å². The minimum absolute atomic E-state index is 0.208. The van der Waals surface area contributed by atoms with E-state index in [0.717, 1.165) is 50.4 Å². The zero-order valence-corrected chi connectivity index (χ0v) is 17.3. The lowest BCUT2D eigenvalue weighted by Gasteiger charge is -2.47. The van der Waals surface area contributed by atoms with Crippen LogP contribution in [0.3, 0.4) is 0 Å². The molecule has 0 bridgehead atoms. The fourth-order valence-electron chi connectivity index (χ4n) is 4.85. The van der Waals surface area contributed by atoms with Gasteiger partial charge in [0.1, 0.15) is 5.82 Å². The van der Waals surface area contributed by atoms with Crippen molar-refractivity contribution in [3.8, 4) is 5.69 Å². The van der Waals surface area contributed by atoms with Gasteiger partial charge in [-0.25, -0.2) is 9.07 Å². The number of hydrogen-bond donors (Lipinski definition) is 1. The molecule has 2 saturated heterocycles. The van der Waals surface area contributed by atoms with E-state index in [4.69, 9.17) is 0 Å². The highest BCUT2D eigenvalue weighted by molar-refractivity contribution is 5.40. The Hall–Kier alpha value is -1.80. The smallest absolute Gasteiger partial charge is 0.123 e. The number of aliphatic hydroxyl groups is 1. The highest BCUT2D eigenvalue weighted by Crippen LogP contribution is 2.25. The van der Waals surface area contributed by atoms with Gasteiger partial charge in [-0.05, 0) is 69.2 Å². The number of aliphatic hydroxyl groups excluding tert-OH is 1. The van der Waals surface area contributed by atoms with Crippen LogP contribution in [-0.4, -0.2) is 88.0 Å². The van der Waals surface area contributed by atoms with Crippen molar-refractivity contribution in [3.63, 3.8) is 0 Å². The molecule has 1 aromatic carbocycles. The maximum absolute atomic E-state index is 14.0. The van der Waals surface area contributed by atoms with Crippen LogP contribution in [0.15, 0.2) is 36.7 Å². The summed E-state index contributed by atoms with van der Waals surface area (Å²) in [6.07, 6.45) is 6.82. The van der Waals surface area contributed by atoms with E-state index in [-0.39, 0.29) is 12.4 Å². The van der Waals surface area contributed by atoms with Gasteiger partial charge in [-0.2, -0.15) is 5.10 Å². The number of rotatable bonds is 6. The Morgan fingerprint density at radius 1 is 1.17 bits per heavy atom. The molecule has 0 unspecified atom stereocenters. The number of piperazine rings is 1. The van der Waals surface area contributed by atoms with Gasteiger partial charge < -0.3 is 10.0 Å². The summed E-state index contributed by atoms with van der Waals surface area (Å²) in [7, 11) is 2.19. The Kier molecular flexibility index (Phi) is 6.60. The van der Waals surface area contributed by atoms with Gasteiger partial charge in [0, 0.05) is 57.3 Å². The first-order valence-electron chi connectivity index (χ1n) is 10.7.